The van der Waals surface area contributed by atoms with Crippen molar-refractivity contribution in [3.63, 3.8) is 0 Å². The van der Waals surface area contributed by atoms with Crippen LogP contribution in [0.4, 0.5) is 0 Å². The van der Waals surface area contributed by atoms with Gasteiger partial charge in [0.1, 0.15) is 0 Å². The van der Waals surface area contributed by atoms with Gasteiger partial charge in [0, 0.05) is 43.5 Å². The molecular formula is C21H28N4O2. The number of hydrogen-bond donors (Lipinski definition) is 0. The van der Waals surface area contributed by atoms with Crippen LogP contribution in [0.2, 0.25) is 0 Å². The van der Waals surface area contributed by atoms with Crippen LogP contribution in [0.25, 0.3) is 0 Å². The van der Waals surface area contributed by atoms with E-state index < -0.39 is 0 Å². The molecule has 2 aliphatic carbocycles. The lowest BCUT2D eigenvalue weighted by molar-refractivity contribution is -0.121. The molecule has 3 unspecified atom stereocenters. The predicted molar refractivity (Wildman–Crippen MR) is 102 cm³/mol. The molecule has 0 N–H and O–H groups in total. The molecule has 1 saturated heterocycles. The average molecular weight is 368 g/mol. The van der Waals surface area contributed by atoms with E-state index in [1.165, 1.54) is 17.0 Å². The van der Waals surface area contributed by atoms with Gasteiger partial charge in [0.15, 0.2) is 0 Å². The molecule has 0 spiro atoms. The van der Waals surface area contributed by atoms with Gasteiger partial charge in [-0.25, -0.2) is 0 Å². The van der Waals surface area contributed by atoms with E-state index in [4.69, 9.17) is 4.74 Å². The number of amides is 1. The molecule has 0 radical (unpaired) electrons. The lowest BCUT2D eigenvalue weighted by atomic mass is 9.70. The van der Waals surface area contributed by atoms with E-state index in [1.807, 2.05) is 12.2 Å². The monoisotopic (exact) mass is 368 g/mol. The van der Waals surface area contributed by atoms with Gasteiger partial charge in [-0.05, 0) is 29.9 Å². The zero-order chi connectivity index (χ0) is 18.6. The highest BCUT2D eigenvalue weighted by atomic mass is 16.5. The van der Waals surface area contributed by atoms with Crippen molar-refractivity contribution in [3.05, 3.63) is 35.2 Å². The van der Waals surface area contributed by atoms with E-state index in [1.54, 1.807) is 0 Å². The van der Waals surface area contributed by atoms with Crippen LogP contribution in [0.15, 0.2) is 45.4 Å². The number of rotatable bonds is 3. The highest BCUT2D eigenvalue weighted by Gasteiger charge is 2.51. The molecule has 1 fully saturated rings. The van der Waals surface area contributed by atoms with Crippen LogP contribution >= 0.6 is 0 Å². The fraction of sp³-hybridized carbons (Fsp3) is 0.667. The summed E-state index contributed by atoms with van der Waals surface area (Å²) in [7, 11) is 0. The van der Waals surface area contributed by atoms with Gasteiger partial charge in [-0.3, -0.25) is 9.69 Å². The zero-order valence-electron chi connectivity index (χ0n) is 16.2. The molecule has 3 atom stereocenters. The Morgan fingerprint density at radius 2 is 2.07 bits per heavy atom. The number of ether oxygens (including phenoxy) is 1. The van der Waals surface area contributed by atoms with Gasteiger partial charge in [-0.15, -0.1) is 5.11 Å². The average Bonchev–Trinajstić information content (AvgIpc) is 2.89. The minimum absolute atomic E-state index is 0.0472. The number of carbonyl (C=O) groups excluding carboxylic acids is 1. The Balaban J connectivity index is 1.50. The second-order valence-electron chi connectivity index (χ2n) is 9.10. The first kappa shape index (κ1) is 17.3. The van der Waals surface area contributed by atoms with Crippen molar-refractivity contribution in [1.82, 2.24) is 9.80 Å². The Morgan fingerprint density at radius 1 is 1.26 bits per heavy atom. The SMILES string of the molecule is CC1(C)CC2=C3C(C1)N=NC(=O)C1C=CC=C(C31)N2CCN1CCOCC1. The van der Waals surface area contributed by atoms with Crippen LogP contribution in [0.3, 0.4) is 0 Å². The minimum Gasteiger partial charge on any atom is -0.379 e. The van der Waals surface area contributed by atoms with Crippen LogP contribution in [0, 0.1) is 17.3 Å². The maximum Gasteiger partial charge on any atom is 0.272 e. The lowest BCUT2D eigenvalue weighted by Gasteiger charge is -2.37. The summed E-state index contributed by atoms with van der Waals surface area (Å²) in [4.78, 5) is 17.6. The van der Waals surface area contributed by atoms with E-state index in [2.05, 4.69) is 40.0 Å². The summed E-state index contributed by atoms with van der Waals surface area (Å²) in [6, 6.07) is 0.0472. The zero-order valence-corrected chi connectivity index (χ0v) is 16.2. The third kappa shape index (κ3) is 2.90. The predicted octanol–water partition coefficient (Wildman–Crippen LogP) is 2.76. The van der Waals surface area contributed by atoms with Crippen molar-refractivity contribution in [2.45, 2.75) is 32.7 Å². The van der Waals surface area contributed by atoms with Gasteiger partial charge in [0.05, 0.1) is 25.2 Å². The van der Waals surface area contributed by atoms with Gasteiger partial charge in [-0.1, -0.05) is 26.0 Å². The molecule has 0 aromatic rings. The summed E-state index contributed by atoms with van der Waals surface area (Å²) in [5, 5.41) is 8.60. The molecule has 5 rings (SSSR count). The van der Waals surface area contributed by atoms with Crippen molar-refractivity contribution >= 4 is 5.91 Å². The van der Waals surface area contributed by atoms with Gasteiger partial charge in [0.2, 0.25) is 0 Å². The Hall–Kier alpha value is -1.79. The fourth-order valence-corrected chi connectivity index (χ4v) is 5.38. The molecule has 3 heterocycles. The van der Waals surface area contributed by atoms with Crippen molar-refractivity contribution < 1.29 is 9.53 Å². The summed E-state index contributed by atoms with van der Waals surface area (Å²) in [6.45, 7) is 10.3. The molecule has 5 aliphatic rings. The number of allylic oxidation sites excluding steroid dienone is 4. The highest BCUT2D eigenvalue weighted by molar-refractivity contribution is 5.83. The first-order valence-corrected chi connectivity index (χ1v) is 10.2. The molecule has 0 bridgehead atoms. The molecule has 27 heavy (non-hydrogen) atoms. The van der Waals surface area contributed by atoms with Crippen molar-refractivity contribution in [2.75, 3.05) is 39.4 Å². The van der Waals surface area contributed by atoms with Crippen LogP contribution in [-0.4, -0.2) is 61.1 Å². The van der Waals surface area contributed by atoms with Crippen molar-refractivity contribution in [2.24, 2.45) is 27.5 Å². The van der Waals surface area contributed by atoms with E-state index in [0.717, 1.165) is 52.2 Å². The quantitative estimate of drug-likeness (QED) is 0.769. The van der Waals surface area contributed by atoms with E-state index in [-0.39, 0.29) is 29.2 Å². The van der Waals surface area contributed by atoms with E-state index >= 15 is 0 Å². The maximum absolute atomic E-state index is 12.6. The topological polar surface area (TPSA) is 57.5 Å². The Kier molecular flexibility index (Phi) is 4.09. The second kappa shape index (κ2) is 6.38. The van der Waals surface area contributed by atoms with E-state index in [0.29, 0.717) is 0 Å². The van der Waals surface area contributed by atoms with E-state index in [9.17, 15) is 4.79 Å². The third-order valence-corrected chi connectivity index (χ3v) is 6.64. The molecular weight excluding hydrogens is 340 g/mol. The third-order valence-electron chi connectivity index (χ3n) is 6.64. The van der Waals surface area contributed by atoms with Gasteiger partial charge in [0.25, 0.3) is 5.91 Å². The standard InChI is InChI=1S/C21H28N4O2/c1-21(2)12-15-19-17(13-21)25(7-6-24-8-10-27-11-9-24)16-5-3-4-14(18(16)19)20(26)23-22-15/h3-5,14-15,18H,6-13H2,1-2H3. The maximum atomic E-state index is 12.6. The molecule has 144 valence electrons. The largest absolute Gasteiger partial charge is 0.379 e. The summed E-state index contributed by atoms with van der Waals surface area (Å²) in [5.74, 6) is -0.132. The molecule has 3 aliphatic heterocycles. The second-order valence-corrected chi connectivity index (χ2v) is 9.10. The summed E-state index contributed by atoms with van der Waals surface area (Å²) < 4.78 is 5.49. The van der Waals surface area contributed by atoms with Crippen molar-refractivity contribution in [3.8, 4) is 0 Å². The number of morpholine rings is 1. The Bertz CT molecular complexity index is 773. The van der Waals surface area contributed by atoms with Gasteiger partial charge < -0.3 is 9.64 Å². The van der Waals surface area contributed by atoms with Crippen LogP contribution in [0.1, 0.15) is 26.7 Å². The lowest BCUT2D eigenvalue weighted by Crippen LogP contribution is -2.41. The normalized spacial score (nSPS) is 34.6. The van der Waals surface area contributed by atoms with Crippen LogP contribution < -0.4 is 0 Å². The van der Waals surface area contributed by atoms with Crippen molar-refractivity contribution in [1.29, 1.82) is 0 Å². The van der Waals surface area contributed by atoms with Crippen LogP contribution in [-0.2, 0) is 9.53 Å². The molecule has 0 saturated carbocycles. The first-order chi connectivity index (χ1) is 13.0. The van der Waals surface area contributed by atoms with Gasteiger partial charge >= 0.3 is 0 Å². The molecule has 0 aromatic carbocycles. The fourth-order valence-electron chi connectivity index (χ4n) is 5.38. The van der Waals surface area contributed by atoms with Crippen LogP contribution in [0.5, 0.6) is 0 Å². The summed E-state index contributed by atoms with van der Waals surface area (Å²) in [6.07, 6.45) is 8.29. The number of nitrogens with zero attached hydrogens (tertiary/aromatic N) is 4. The number of hydrogen-bond acceptors (Lipinski definition) is 5. The smallest absolute Gasteiger partial charge is 0.272 e. The summed E-state index contributed by atoms with van der Waals surface area (Å²) in [5.41, 5.74) is 4.23. The van der Waals surface area contributed by atoms with Gasteiger partial charge in [-0.2, -0.15) is 5.11 Å². The number of azo groups is 1. The molecule has 6 heteroatoms. The Morgan fingerprint density at radius 3 is 2.89 bits per heavy atom. The number of carbonyl (C=O) groups is 1. The molecule has 1 amide bonds. The summed E-state index contributed by atoms with van der Waals surface area (Å²) >= 11 is 0. The molecule has 0 aromatic heterocycles. The highest BCUT2D eigenvalue weighted by Crippen LogP contribution is 2.54. The molecule has 6 nitrogen and oxygen atoms in total. The minimum atomic E-state index is -0.182. The Labute approximate surface area is 160 Å². The first-order valence-electron chi connectivity index (χ1n) is 10.2.